The Morgan fingerprint density at radius 2 is 2.11 bits per heavy atom. The van der Waals surface area contributed by atoms with Crippen LogP contribution in [0.4, 0.5) is 0 Å². The summed E-state index contributed by atoms with van der Waals surface area (Å²) in [4.78, 5) is 11.2. The van der Waals surface area contributed by atoms with Crippen LogP contribution in [0.25, 0.3) is 11.0 Å². The van der Waals surface area contributed by atoms with E-state index in [4.69, 9.17) is 4.42 Å². The van der Waals surface area contributed by atoms with Crippen LogP contribution in [0.3, 0.4) is 0 Å². The Bertz CT molecular complexity index is 560. The van der Waals surface area contributed by atoms with Crippen molar-refractivity contribution in [2.24, 2.45) is 0 Å². The first-order valence-electron chi connectivity index (χ1n) is 6.05. The van der Waals surface area contributed by atoms with Gasteiger partial charge in [0.25, 0.3) is 0 Å². The lowest BCUT2D eigenvalue weighted by Gasteiger charge is -2.11. The largest absolute Gasteiger partial charge is 0.459 e. The van der Waals surface area contributed by atoms with Crippen molar-refractivity contribution in [2.45, 2.75) is 19.9 Å². The topological polar surface area (TPSA) is 54.3 Å². The molecular weight excluding hydrogens is 228 g/mol. The first-order chi connectivity index (χ1) is 8.63. The third-order valence-electron chi connectivity index (χ3n) is 3.12. The van der Waals surface area contributed by atoms with Crippen LogP contribution in [0.15, 0.2) is 28.7 Å². The average Bonchev–Trinajstić information content (AvgIpc) is 2.73. The van der Waals surface area contributed by atoms with Gasteiger partial charge in [-0.2, -0.15) is 0 Å². The minimum Gasteiger partial charge on any atom is -0.459 e. The summed E-state index contributed by atoms with van der Waals surface area (Å²) >= 11 is 0. The molecule has 0 fully saturated rings. The lowest BCUT2D eigenvalue weighted by Crippen LogP contribution is -2.32. The second-order valence-corrected chi connectivity index (χ2v) is 4.36. The number of likely N-dealkylation sites (N-methyl/N-ethyl adjacent to an activating group) is 1. The molecule has 0 spiro atoms. The van der Waals surface area contributed by atoms with Crippen LogP contribution in [0, 0.1) is 6.92 Å². The molecule has 2 rings (SSSR count). The summed E-state index contributed by atoms with van der Waals surface area (Å²) in [5, 5.41) is 6.85. The van der Waals surface area contributed by atoms with E-state index in [2.05, 4.69) is 10.6 Å². The number of para-hydroxylation sites is 1. The number of benzene rings is 1. The van der Waals surface area contributed by atoms with Crippen LogP contribution < -0.4 is 10.6 Å². The van der Waals surface area contributed by atoms with Gasteiger partial charge in [-0.3, -0.25) is 10.1 Å². The summed E-state index contributed by atoms with van der Waals surface area (Å²) in [7, 11) is 1.63. The van der Waals surface area contributed by atoms with E-state index in [1.807, 2.05) is 38.1 Å². The summed E-state index contributed by atoms with van der Waals surface area (Å²) in [5.74, 6) is 0.857. The zero-order valence-electron chi connectivity index (χ0n) is 10.9. The Morgan fingerprint density at radius 3 is 2.78 bits per heavy atom. The fourth-order valence-corrected chi connectivity index (χ4v) is 2.03. The molecule has 18 heavy (non-hydrogen) atoms. The molecule has 0 aliphatic rings. The molecule has 2 N–H and O–H groups in total. The monoisotopic (exact) mass is 246 g/mol. The second-order valence-electron chi connectivity index (χ2n) is 4.36. The van der Waals surface area contributed by atoms with Crippen LogP contribution in [0.2, 0.25) is 0 Å². The van der Waals surface area contributed by atoms with Gasteiger partial charge in [0.05, 0.1) is 12.6 Å². The van der Waals surface area contributed by atoms with Gasteiger partial charge >= 0.3 is 0 Å². The van der Waals surface area contributed by atoms with E-state index in [0.29, 0.717) is 0 Å². The van der Waals surface area contributed by atoms with E-state index in [-0.39, 0.29) is 18.5 Å². The van der Waals surface area contributed by atoms with Gasteiger partial charge < -0.3 is 9.73 Å². The molecule has 0 saturated heterocycles. The maximum Gasteiger partial charge on any atom is 0.233 e. The van der Waals surface area contributed by atoms with E-state index < -0.39 is 0 Å². The minimum atomic E-state index is -0.0318. The van der Waals surface area contributed by atoms with Crippen LogP contribution >= 0.6 is 0 Å². The normalized spacial score (nSPS) is 12.6. The number of hydrogen-bond donors (Lipinski definition) is 2. The number of rotatable bonds is 4. The predicted molar refractivity (Wildman–Crippen MR) is 71.4 cm³/mol. The highest BCUT2D eigenvalue weighted by Crippen LogP contribution is 2.28. The second kappa shape index (κ2) is 5.23. The van der Waals surface area contributed by atoms with Crippen molar-refractivity contribution in [1.29, 1.82) is 0 Å². The Hall–Kier alpha value is -1.81. The average molecular weight is 246 g/mol. The van der Waals surface area contributed by atoms with Gasteiger partial charge in [-0.25, -0.2) is 0 Å². The molecule has 0 aliphatic heterocycles. The third-order valence-corrected chi connectivity index (χ3v) is 3.12. The van der Waals surface area contributed by atoms with E-state index in [9.17, 15) is 4.79 Å². The number of fused-ring (bicyclic) bond motifs is 1. The summed E-state index contributed by atoms with van der Waals surface area (Å²) in [6.07, 6.45) is 0. The molecule has 4 nitrogen and oxygen atoms in total. The van der Waals surface area contributed by atoms with Gasteiger partial charge in [0.15, 0.2) is 0 Å². The number of aryl methyl sites for hydroxylation is 1. The molecule has 1 atom stereocenters. The molecule has 1 heterocycles. The predicted octanol–water partition coefficient (Wildman–Crippen LogP) is 2.14. The van der Waals surface area contributed by atoms with Gasteiger partial charge in [-0.1, -0.05) is 18.2 Å². The lowest BCUT2D eigenvalue weighted by atomic mass is 10.1. The number of nitrogens with one attached hydrogen (secondary N) is 2. The highest BCUT2D eigenvalue weighted by Gasteiger charge is 2.16. The van der Waals surface area contributed by atoms with E-state index in [0.717, 1.165) is 22.3 Å². The molecule has 1 aromatic heterocycles. The maximum absolute atomic E-state index is 11.2. The zero-order chi connectivity index (χ0) is 13.1. The van der Waals surface area contributed by atoms with Crippen molar-refractivity contribution in [1.82, 2.24) is 10.6 Å². The molecule has 1 amide bonds. The van der Waals surface area contributed by atoms with Crippen LogP contribution in [-0.4, -0.2) is 19.5 Å². The summed E-state index contributed by atoms with van der Waals surface area (Å²) in [6.45, 7) is 4.32. The molecule has 0 aliphatic carbocycles. The Labute approximate surface area is 106 Å². The van der Waals surface area contributed by atoms with Gasteiger partial charge in [-0.15, -0.1) is 0 Å². The zero-order valence-corrected chi connectivity index (χ0v) is 10.9. The Balaban J connectivity index is 2.20. The quantitative estimate of drug-likeness (QED) is 0.869. The molecule has 0 bridgehead atoms. The van der Waals surface area contributed by atoms with Gasteiger partial charge in [0, 0.05) is 12.4 Å². The number of hydrogen-bond acceptors (Lipinski definition) is 3. The van der Waals surface area contributed by atoms with Crippen molar-refractivity contribution >= 4 is 16.9 Å². The molecule has 2 aromatic rings. The minimum absolute atomic E-state index is 0.00898. The van der Waals surface area contributed by atoms with E-state index in [1.54, 1.807) is 7.05 Å². The van der Waals surface area contributed by atoms with Crippen LogP contribution in [0.1, 0.15) is 24.3 Å². The highest BCUT2D eigenvalue weighted by atomic mass is 16.3. The fourth-order valence-electron chi connectivity index (χ4n) is 2.03. The van der Waals surface area contributed by atoms with Gasteiger partial charge in [0.1, 0.15) is 11.3 Å². The number of furan rings is 1. The Kier molecular flexibility index (Phi) is 3.67. The first kappa shape index (κ1) is 12.6. The summed E-state index contributed by atoms with van der Waals surface area (Å²) < 4.78 is 5.83. The smallest absolute Gasteiger partial charge is 0.233 e. The molecule has 1 aromatic carbocycles. The van der Waals surface area contributed by atoms with Crippen molar-refractivity contribution < 1.29 is 9.21 Å². The molecule has 4 heteroatoms. The van der Waals surface area contributed by atoms with E-state index in [1.165, 1.54) is 0 Å². The van der Waals surface area contributed by atoms with Crippen molar-refractivity contribution in [3.63, 3.8) is 0 Å². The number of amides is 1. The molecular formula is C14H18N2O2. The third kappa shape index (κ3) is 2.38. The Morgan fingerprint density at radius 1 is 1.39 bits per heavy atom. The van der Waals surface area contributed by atoms with Crippen LogP contribution in [-0.2, 0) is 4.79 Å². The van der Waals surface area contributed by atoms with E-state index >= 15 is 0 Å². The van der Waals surface area contributed by atoms with Gasteiger partial charge in [-0.05, 0) is 25.5 Å². The summed E-state index contributed by atoms with van der Waals surface area (Å²) in [5.41, 5.74) is 2.01. The SMILES string of the molecule is CNC(=O)CNC(C)c1oc2ccccc2c1C. The number of carbonyl (C=O) groups excluding carboxylic acids is 1. The van der Waals surface area contributed by atoms with Crippen LogP contribution in [0.5, 0.6) is 0 Å². The fraction of sp³-hybridized carbons (Fsp3) is 0.357. The molecule has 96 valence electrons. The van der Waals surface area contributed by atoms with Crippen molar-refractivity contribution in [3.8, 4) is 0 Å². The number of carbonyl (C=O) groups is 1. The molecule has 0 saturated carbocycles. The lowest BCUT2D eigenvalue weighted by molar-refractivity contribution is -0.119. The molecule has 1 unspecified atom stereocenters. The highest BCUT2D eigenvalue weighted by molar-refractivity contribution is 5.82. The molecule has 0 radical (unpaired) electrons. The maximum atomic E-state index is 11.2. The van der Waals surface area contributed by atoms with Crippen molar-refractivity contribution in [3.05, 3.63) is 35.6 Å². The summed E-state index contributed by atoms with van der Waals surface area (Å²) in [6, 6.07) is 7.96. The standard InChI is InChI=1S/C14H18N2O2/c1-9-11-6-4-5-7-12(11)18-14(9)10(2)16-8-13(17)15-3/h4-7,10,16H,8H2,1-3H3,(H,15,17). The van der Waals surface area contributed by atoms with Crippen molar-refractivity contribution in [2.75, 3.05) is 13.6 Å². The van der Waals surface area contributed by atoms with Gasteiger partial charge in [0.2, 0.25) is 5.91 Å². The first-order valence-corrected chi connectivity index (χ1v) is 6.05.